The molecule has 2 rings (SSSR count). The summed E-state index contributed by atoms with van der Waals surface area (Å²) < 4.78 is 1.79. The Bertz CT molecular complexity index is 676. The Kier molecular flexibility index (Phi) is 4.33. The standard InChI is InChI=1S/C18H24N2O/c1-5-13-6-9-15(10-7-13)20-16(18(2,3)4)11-8-14(12-19)17(20)21/h6-11H,5,12,19H2,1-4H3. The van der Waals surface area contributed by atoms with Crippen molar-refractivity contribution in [1.29, 1.82) is 0 Å². The van der Waals surface area contributed by atoms with Crippen LogP contribution < -0.4 is 11.3 Å². The SMILES string of the molecule is CCc1ccc(-n2c(C(C)(C)C)ccc(CN)c2=O)cc1. The van der Waals surface area contributed by atoms with Gasteiger partial charge in [0.15, 0.2) is 0 Å². The maximum absolute atomic E-state index is 12.7. The molecule has 1 aromatic carbocycles. The van der Waals surface area contributed by atoms with Crippen LogP contribution in [0.2, 0.25) is 0 Å². The number of rotatable bonds is 3. The van der Waals surface area contributed by atoms with E-state index in [1.807, 2.05) is 24.3 Å². The summed E-state index contributed by atoms with van der Waals surface area (Å²) >= 11 is 0. The van der Waals surface area contributed by atoms with Crippen LogP contribution in [0.4, 0.5) is 0 Å². The van der Waals surface area contributed by atoms with Gasteiger partial charge >= 0.3 is 0 Å². The number of aromatic nitrogens is 1. The Morgan fingerprint density at radius 2 is 1.67 bits per heavy atom. The minimum Gasteiger partial charge on any atom is -0.326 e. The third kappa shape index (κ3) is 3.08. The van der Waals surface area contributed by atoms with E-state index in [4.69, 9.17) is 5.73 Å². The van der Waals surface area contributed by atoms with Crippen molar-refractivity contribution in [3.05, 3.63) is 63.6 Å². The van der Waals surface area contributed by atoms with Gasteiger partial charge in [0.05, 0.1) is 0 Å². The van der Waals surface area contributed by atoms with Gasteiger partial charge in [-0.05, 0) is 30.2 Å². The number of aryl methyl sites for hydroxylation is 1. The molecular formula is C18H24N2O. The van der Waals surface area contributed by atoms with Gasteiger partial charge in [0.25, 0.3) is 5.56 Å². The van der Waals surface area contributed by atoms with E-state index in [0.29, 0.717) is 5.56 Å². The molecule has 3 nitrogen and oxygen atoms in total. The monoisotopic (exact) mass is 284 g/mol. The highest BCUT2D eigenvalue weighted by atomic mass is 16.1. The summed E-state index contributed by atoms with van der Waals surface area (Å²) in [6, 6.07) is 12.0. The first kappa shape index (κ1) is 15.5. The number of benzene rings is 1. The van der Waals surface area contributed by atoms with Gasteiger partial charge in [-0.3, -0.25) is 9.36 Å². The summed E-state index contributed by atoms with van der Waals surface area (Å²) in [5.41, 5.74) is 9.35. The Labute approximate surface area is 126 Å². The second-order valence-corrected chi connectivity index (χ2v) is 6.36. The average Bonchev–Trinajstić information content (AvgIpc) is 2.46. The fraction of sp³-hybridized carbons (Fsp3) is 0.389. The van der Waals surface area contributed by atoms with E-state index in [-0.39, 0.29) is 17.5 Å². The molecule has 2 N–H and O–H groups in total. The smallest absolute Gasteiger partial charge is 0.259 e. The predicted octanol–water partition coefficient (Wildman–Crippen LogP) is 3.16. The maximum Gasteiger partial charge on any atom is 0.259 e. The van der Waals surface area contributed by atoms with E-state index in [2.05, 4.69) is 39.8 Å². The fourth-order valence-corrected chi connectivity index (χ4v) is 2.46. The van der Waals surface area contributed by atoms with E-state index in [1.165, 1.54) is 5.56 Å². The van der Waals surface area contributed by atoms with Crippen LogP contribution >= 0.6 is 0 Å². The largest absolute Gasteiger partial charge is 0.326 e. The average molecular weight is 284 g/mol. The quantitative estimate of drug-likeness (QED) is 0.941. The molecule has 0 saturated carbocycles. The van der Waals surface area contributed by atoms with Gasteiger partial charge in [0, 0.05) is 28.9 Å². The molecule has 1 aromatic heterocycles. The lowest BCUT2D eigenvalue weighted by Crippen LogP contribution is -2.31. The first-order valence-electron chi connectivity index (χ1n) is 7.43. The molecule has 0 unspecified atom stereocenters. The lowest BCUT2D eigenvalue weighted by atomic mass is 9.90. The molecule has 0 fully saturated rings. The summed E-state index contributed by atoms with van der Waals surface area (Å²) in [5, 5.41) is 0. The van der Waals surface area contributed by atoms with Gasteiger partial charge in [-0.15, -0.1) is 0 Å². The van der Waals surface area contributed by atoms with Gasteiger partial charge in [0.2, 0.25) is 0 Å². The Morgan fingerprint density at radius 3 is 2.14 bits per heavy atom. The second-order valence-electron chi connectivity index (χ2n) is 6.36. The van der Waals surface area contributed by atoms with Crippen molar-refractivity contribution in [3.63, 3.8) is 0 Å². The molecule has 112 valence electrons. The number of nitrogens with zero attached hydrogens (tertiary/aromatic N) is 1. The zero-order chi connectivity index (χ0) is 15.6. The molecule has 0 radical (unpaired) electrons. The van der Waals surface area contributed by atoms with E-state index in [9.17, 15) is 4.79 Å². The van der Waals surface area contributed by atoms with Crippen LogP contribution in [0.5, 0.6) is 0 Å². The Morgan fingerprint density at radius 1 is 1.05 bits per heavy atom. The summed E-state index contributed by atoms with van der Waals surface area (Å²) in [7, 11) is 0. The lowest BCUT2D eigenvalue weighted by Gasteiger charge is -2.25. The minimum atomic E-state index is -0.115. The molecule has 0 aliphatic carbocycles. The van der Waals surface area contributed by atoms with Gasteiger partial charge in [-0.25, -0.2) is 0 Å². The van der Waals surface area contributed by atoms with Crippen molar-refractivity contribution in [1.82, 2.24) is 4.57 Å². The van der Waals surface area contributed by atoms with E-state index in [0.717, 1.165) is 17.8 Å². The second kappa shape index (κ2) is 5.86. The van der Waals surface area contributed by atoms with Crippen LogP contribution in [-0.2, 0) is 18.4 Å². The molecule has 2 aromatic rings. The van der Waals surface area contributed by atoms with Crippen molar-refractivity contribution in [2.45, 2.75) is 46.1 Å². The van der Waals surface area contributed by atoms with Crippen molar-refractivity contribution in [3.8, 4) is 5.69 Å². The highest BCUT2D eigenvalue weighted by Gasteiger charge is 2.20. The number of hydrogen-bond donors (Lipinski definition) is 1. The first-order valence-corrected chi connectivity index (χ1v) is 7.43. The van der Waals surface area contributed by atoms with Gasteiger partial charge in [-0.1, -0.05) is 45.9 Å². The van der Waals surface area contributed by atoms with Crippen molar-refractivity contribution >= 4 is 0 Å². The molecule has 21 heavy (non-hydrogen) atoms. The highest BCUT2D eigenvalue weighted by molar-refractivity contribution is 5.39. The molecule has 0 bridgehead atoms. The van der Waals surface area contributed by atoms with Gasteiger partial charge in [0.1, 0.15) is 0 Å². The van der Waals surface area contributed by atoms with Gasteiger partial charge < -0.3 is 5.73 Å². The Balaban J connectivity index is 2.71. The van der Waals surface area contributed by atoms with Crippen molar-refractivity contribution < 1.29 is 0 Å². The summed E-state index contributed by atoms with van der Waals surface area (Å²) in [6.45, 7) is 8.72. The van der Waals surface area contributed by atoms with Crippen LogP contribution in [0.25, 0.3) is 5.69 Å². The summed E-state index contributed by atoms with van der Waals surface area (Å²) in [5.74, 6) is 0. The number of nitrogens with two attached hydrogens (primary N) is 1. The Hall–Kier alpha value is -1.87. The molecule has 0 saturated heterocycles. The minimum absolute atomic E-state index is 0.0193. The van der Waals surface area contributed by atoms with Crippen LogP contribution in [0, 0.1) is 0 Å². The number of pyridine rings is 1. The van der Waals surface area contributed by atoms with Crippen LogP contribution in [-0.4, -0.2) is 4.57 Å². The third-order valence-corrected chi connectivity index (χ3v) is 3.75. The van der Waals surface area contributed by atoms with Crippen molar-refractivity contribution in [2.24, 2.45) is 5.73 Å². The molecule has 0 atom stereocenters. The topological polar surface area (TPSA) is 48.0 Å². The molecular weight excluding hydrogens is 260 g/mol. The highest BCUT2D eigenvalue weighted by Crippen LogP contribution is 2.24. The first-order chi connectivity index (χ1) is 9.88. The predicted molar refractivity (Wildman–Crippen MR) is 88.0 cm³/mol. The van der Waals surface area contributed by atoms with Crippen LogP contribution in [0.3, 0.4) is 0 Å². The van der Waals surface area contributed by atoms with Gasteiger partial charge in [-0.2, -0.15) is 0 Å². The molecule has 3 heteroatoms. The normalized spacial score (nSPS) is 11.7. The fourth-order valence-electron chi connectivity index (χ4n) is 2.46. The van der Waals surface area contributed by atoms with Crippen LogP contribution in [0.1, 0.15) is 44.5 Å². The third-order valence-electron chi connectivity index (χ3n) is 3.75. The molecule has 1 heterocycles. The van der Waals surface area contributed by atoms with E-state index in [1.54, 1.807) is 4.57 Å². The van der Waals surface area contributed by atoms with Crippen LogP contribution in [0.15, 0.2) is 41.2 Å². The molecule has 0 spiro atoms. The maximum atomic E-state index is 12.7. The molecule has 0 amide bonds. The molecule has 0 aliphatic heterocycles. The van der Waals surface area contributed by atoms with Crippen molar-refractivity contribution in [2.75, 3.05) is 0 Å². The van der Waals surface area contributed by atoms with E-state index < -0.39 is 0 Å². The summed E-state index contributed by atoms with van der Waals surface area (Å²) in [4.78, 5) is 12.7. The molecule has 0 aliphatic rings. The van der Waals surface area contributed by atoms with E-state index >= 15 is 0 Å². The summed E-state index contributed by atoms with van der Waals surface area (Å²) in [6.07, 6.45) is 0.990. The zero-order valence-electron chi connectivity index (χ0n) is 13.3. The number of hydrogen-bond acceptors (Lipinski definition) is 2. The lowest BCUT2D eigenvalue weighted by molar-refractivity contribution is 0.546. The zero-order valence-corrected chi connectivity index (χ0v) is 13.3.